The van der Waals surface area contributed by atoms with E-state index < -0.39 is 0 Å². The van der Waals surface area contributed by atoms with Crippen molar-refractivity contribution < 1.29 is 0 Å². The molecule has 0 unspecified atom stereocenters. The summed E-state index contributed by atoms with van der Waals surface area (Å²) in [5.74, 6) is 3.31. The molecule has 0 aromatic heterocycles. The predicted octanol–water partition coefficient (Wildman–Crippen LogP) is 3.20. The van der Waals surface area contributed by atoms with Gasteiger partial charge in [0, 0.05) is 0 Å². The van der Waals surface area contributed by atoms with E-state index >= 15 is 0 Å². The van der Waals surface area contributed by atoms with E-state index in [0.717, 1.165) is 17.8 Å². The van der Waals surface area contributed by atoms with E-state index in [0.29, 0.717) is 0 Å². The molecule has 0 aliphatic heterocycles. The second-order valence-corrected chi connectivity index (χ2v) is 5.39. The first-order valence-corrected chi connectivity index (χ1v) is 6.54. The minimum absolute atomic E-state index is 1.06. The summed E-state index contributed by atoms with van der Waals surface area (Å²) in [6.07, 6.45) is 12.1. The molecule has 2 saturated carbocycles. The van der Waals surface area contributed by atoms with E-state index in [1.165, 1.54) is 32.2 Å². The van der Waals surface area contributed by atoms with Gasteiger partial charge >= 0.3 is 0 Å². The molecule has 1 N–H and O–H groups in total. The van der Waals surface area contributed by atoms with Crippen LogP contribution in [-0.4, -0.2) is 13.6 Å². The second-order valence-electron chi connectivity index (χ2n) is 5.39. The standard InChI is InChI=1S/C13H25N/c1-14-8-7-11-9-13(10-11)12-5-3-2-4-6-12/h11-14H,2-10H2,1H3. The van der Waals surface area contributed by atoms with Crippen molar-refractivity contribution in [2.75, 3.05) is 13.6 Å². The molecule has 0 aromatic carbocycles. The molecule has 0 bridgehead atoms. The molecule has 0 amide bonds. The van der Waals surface area contributed by atoms with Crippen LogP contribution in [0.2, 0.25) is 0 Å². The Kier molecular flexibility index (Phi) is 3.86. The summed E-state index contributed by atoms with van der Waals surface area (Å²) in [4.78, 5) is 0. The second kappa shape index (κ2) is 5.16. The minimum atomic E-state index is 1.06. The number of hydrogen-bond acceptors (Lipinski definition) is 1. The Morgan fingerprint density at radius 2 is 1.71 bits per heavy atom. The molecular formula is C13H25N. The van der Waals surface area contributed by atoms with E-state index in [1.54, 1.807) is 25.7 Å². The maximum Gasteiger partial charge on any atom is -0.00493 e. The van der Waals surface area contributed by atoms with Crippen molar-refractivity contribution in [2.24, 2.45) is 17.8 Å². The van der Waals surface area contributed by atoms with Gasteiger partial charge < -0.3 is 5.32 Å². The maximum atomic E-state index is 3.26. The first-order chi connectivity index (χ1) is 6.90. The van der Waals surface area contributed by atoms with E-state index in [-0.39, 0.29) is 0 Å². The van der Waals surface area contributed by atoms with Gasteiger partial charge in [0.25, 0.3) is 0 Å². The topological polar surface area (TPSA) is 12.0 Å². The summed E-state index contributed by atoms with van der Waals surface area (Å²) in [6.45, 7) is 1.22. The summed E-state index contributed by atoms with van der Waals surface area (Å²) in [5.41, 5.74) is 0. The van der Waals surface area contributed by atoms with Crippen LogP contribution in [0.5, 0.6) is 0 Å². The lowest BCUT2D eigenvalue weighted by Crippen LogP contribution is -2.32. The van der Waals surface area contributed by atoms with Crippen LogP contribution in [0, 0.1) is 17.8 Å². The minimum Gasteiger partial charge on any atom is -0.320 e. The van der Waals surface area contributed by atoms with Gasteiger partial charge in [0.05, 0.1) is 0 Å². The Balaban J connectivity index is 1.61. The Labute approximate surface area is 88.7 Å². The lowest BCUT2D eigenvalue weighted by Gasteiger charge is -2.42. The summed E-state index contributed by atoms with van der Waals surface area (Å²) >= 11 is 0. The zero-order valence-corrected chi connectivity index (χ0v) is 9.60. The zero-order valence-electron chi connectivity index (χ0n) is 9.60. The fourth-order valence-electron chi connectivity index (χ4n) is 3.36. The average Bonchev–Trinajstić information content (AvgIpc) is 2.17. The molecule has 0 saturated heterocycles. The van der Waals surface area contributed by atoms with Gasteiger partial charge in [-0.05, 0) is 50.6 Å². The first-order valence-electron chi connectivity index (χ1n) is 6.54. The summed E-state index contributed by atoms with van der Waals surface area (Å²) < 4.78 is 0. The third-order valence-corrected chi connectivity index (χ3v) is 4.39. The van der Waals surface area contributed by atoms with Gasteiger partial charge in [0.2, 0.25) is 0 Å². The molecule has 0 atom stereocenters. The predicted molar refractivity (Wildman–Crippen MR) is 61.3 cm³/mol. The Bertz CT molecular complexity index is 155. The lowest BCUT2D eigenvalue weighted by molar-refractivity contribution is 0.0926. The van der Waals surface area contributed by atoms with Gasteiger partial charge in [-0.1, -0.05) is 32.1 Å². The van der Waals surface area contributed by atoms with Crippen LogP contribution in [0.1, 0.15) is 51.4 Å². The fourth-order valence-corrected chi connectivity index (χ4v) is 3.36. The first kappa shape index (κ1) is 10.5. The smallest absolute Gasteiger partial charge is 0.00493 e. The van der Waals surface area contributed by atoms with Crippen molar-refractivity contribution in [3.63, 3.8) is 0 Å². The summed E-state index contributed by atoms with van der Waals surface area (Å²) in [5, 5.41) is 3.26. The average molecular weight is 195 g/mol. The highest BCUT2D eigenvalue weighted by Crippen LogP contribution is 2.45. The van der Waals surface area contributed by atoms with Crippen LogP contribution in [0.15, 0.2) is 0 Å². The van der Waals surface area contributed by atoms with Gasteiger partial charge in [0.15, 0.2) is 0 Å². The van der Waals surface area contributed by atoms with Gasteiger partial charge in [-0.3, -0.25) is 0 Å². The molecule has 1 heteroatoms. The molecule has 0 heterocycles. The van der Waals surface area contributed by atoms with Crippen molar-refractivity contribution in [2.45, 2.75) is 51.4 Å². The largest absolute Gasteiger partial charge is 0.320 e. The van der Waals surface area contributed by atoms with Crippen molar-refractivity contribution in [3.05, 3.63) is 0 Å². The van der Waals surface area contributed by atoms with Crippen LogP contribution in [0.25, 0.3) is 0 Å². The van der Waals surface area contributed by atoms with E-state index in [9.17, 15) is 0 Å². The summed E-state index contributed by atoms with van der Waals surface area (Å²) in [6, 6.07) is 0. The highest BCUT2D eigenvalue weighted by atomic mass is 14.8. The Morgan fingerprint density at radius 3 is 2.36 bits per heavy atom. The molecule has 2 rings (SSSR count). The molecule has 82 valence electrons. The Morgan fingerprint density at radius 1 is 1.00 bits per heavy atom. The summed E-state index contributed by atoms with van der Waals surface area (Å²) in [7, 11) is 2.07. The number of nitrogens with one attached hydrogen (secondary N) is 1. The molecule has 14 heavy (non-hydrogen) atoms. The molecule has 1 nitrogen and oxygen atoms in total. The van der Waals surface area contributed by atoms with Crippen LogP contribution in [0.3, 0.4) is 0 Å². The highest BCUT2D eigenvalue weighted by Gasteiger charge is 2.34. The third kappa shape index (κ3) is 2.50. The van der Waals surface area contributed by atoms with Crippen molar-refractivity contribution >= 4 is 0 Å². The van der Waals surface area contributed by atoms with Crippen LogP contribution < -0.4 is 5.32 Å². The van der Waals surface area contributed by atoms with Gasteiger partial charge in [-0.15, -0.1) is 0 Å². The molecule has 2 aliphatic rings. The number of hydrogen-bond donors (Lipinski definition) is 1. The van der Waals surface area contributed by atoms with Gasteiger partial charge in [0.1, 0.15) is 0 Å². The van der Waals surface area contributed by atoms with Crippen LogP contribution >= 0.6 is 0 Å². The fraction of sp³-hybridized carbons (Fsp3) is 1.00. The lowest BCUT2D eigenvalue weighted by atomic mass is 9.64. The molecule has 0 aromatic rings. The molecule has 2 fully saturated rings. The molecule has 0 spiro atoms. The van der Waals surface area contributed by atoms with Gasteiger partial charge in [-0.2, -0.15) is 0 Å². The highest BCUT2D eigenvalue weighted by molar-refractivity contribution is 4.85. The monoisotopic (exact) mass is 195 g/mol. The van der Waals surface area contributed by atoms with E-state index in [1.807, 2.05) is 0 Å². The normalized spacial score (nSPS) is 34.1. The van der Waals surface area contributed by atoms with Crippen LogP contribution in [0.4, 0.5) is 0 Å². The van der Waals surface area contributed by atoms with Crippen molar-refractivity contribution in [1.82, 2.24) is 5.32 Å². The quantitative estimate of drug-likeness (QED) is 0.726. The van der Waals surface area contributed by atoms with Gasteiger partial charge in [-0.25, -0.2) is 0 Å². The zero-order chi connectivity index (χ0) is 9.80. The SMILES string of the molecule is CNCCC1CC(C2CCCCC2)C1. The third-order valence-electron chi connectivity index (χ3n) is 4.39. The number of rotatable bonds is 4. The van der Waals surface area contributed by atoms with E-state index in [4.69, 9.17) is 0 Å². The molecule has 2 aliphatic carbocycles. The molecule has 0 radical (unpaired) electrons. The van der Waals surface area contributed by atoms with Crippen LogP contribution in [-0.2, 0) is 0 Å². The Hall–Kier alpha value is -0.0400. The molecular weight excluding hydrogens is 170 g/mol. The van der Waals surface area contributed by atoms with E-state index in [2.05, 4.69) is 12.4 Å². The maximum absolute atomic E-state index is 3.26. The van der Waals surface area contributed by atoms with Crippen molar-refractivity contribution in [1.29, 1.82) is 0 Å². The van der Waals surface area contributed by atoms with Crippen molar-refractivity contribution in [3.8, 4) is 0 Å².